The van der Waals surface area contributed by atoms with Crippen LogP contribution >= 0.6 is 23.2 Å². The first-order valence-corrected chi connectivity index (χ1v) is 6.32. The molecule has 0 spiro atoms. The summed E-state index contributed by atoms with van der Waals surface area (Å²) >= 11 is 11.8. The molecule has 0 bridgehead atoms. The molecule has 0 aliphatic rings. The lowest BCUT2D eigenvalue weighted by atomic mass is 10.3. The smallest absolute Gasteiger partial charge is 0.417 e. The number of nitrogens with zero attached hydrogens (tertiary/aromatic N) is 4. The molecule has 1 aromatic heterocycles. The first-order chi connectivity index (χ1) is 10.3. The van der Waals surface area contributed by atoms with Gasteiger partial charge in [-0.2, -0.15) is 13.2 Å². The predicted octanol–water partition coefficient (Wildman–Crippen LogP) is 6.14. The fraction of sp³-hybridized carbons (Fsp3) is 0.0833. The largest absolute Gasteiger partial charge is 0.436 e. The van der Waals surface area contributed by atoms with E-state index < -0.39 is 11.7 Å². The predicted molar refractivity (Wildman–Crippen MR) is 74.6 cm³/mol. The normalized spacial score (nSPS) is 11.0. The number of pyridine rings is 1. The van der Waals surface area contributed by atoms with Crippen LogP contribution < -0.4 is 4.74 Å². The van der Waals surface area contributed by atoms with Gasteiger partial charge in [0.1, 0.15) is 0 Å². The maximum absolute atomic E-state index is 12.4. The van der Waals surface area contributed by atoms with E-state index in [2.05, 4.69) is 15.0 Å². The van der Waals surface area contributed by atoms with Crippen molar-refractivity contribution in [1.29, 1.82) is 0 Å². The molecular formula is C12H5Cl2F3N4O. The first kappa shape index (κ1) is 16.2. The Morgan fingerprint density at radius 2 is 1.82 bits per heavy atom. The summed E-state index contributed by atoms with van der Waals surface area (Å²) in [6.07, 6.45) is -3.86. The van der Waals surface area contributed by atoms with Crippen LogP contribution in [0.3, 0.4) is 0 Å². The van der Waals surface area contributed by atoms with Gasteiger partial charge in [0.2, 0.25) is 5.88 Å². The van der Waals surface area contributed by atoms with Gasteiger partial charge >= 0.3 is 6.18 Å². The molecule has 22 heavy (non-hydrogen) atoms. The number of azide groups is 1. The number of rotatable bonds is 3. The molecule has 2 rings (SSSR count). The van der Waals surface area contributed by atoms with Crippen LogP contribution in [0.4, 0.5) is 18.9 Å². The van der Waals surface area contributed by atoms with Crippen molar-refractivity contribution in [3.8, 4) is 11.6 Å². The van der Waals surface area contributed by atoms with Gasteiger partial charge in [-0.15, -0.1) is 0 Å². The Hall–Kier alpha value is -2.15. The van der Waals surface area contributed by atoms with E-state index >= 15 is 0 Å². The van der Waals surface area contributed by atoms with Gasteiger partial charge in [0, 0.05) is 22.9 Å². The summed E-state index contributed by atoms with van der Waals surface area (Å²) in [5, 5.41) is 3.38. The van der Waals surface area contributed by atoms with Gasteiger partial charge in [-0.25, -0.2) is 4.98 Å². The molecule has 0 saturated carbocycles. The molecule has 1 heterocycles. The average molecular weight is 349 g/mol. The summed E-state index contributed by atoms with van der Waals surface area (Å²) in [6.45, 7) is 0. The number of alkyl halides is 3. The monoisotopic (exact) mass is 348 g/mol. The lowest BCUT2D eigenvalue weighted by Crippen LogP contribution is -2.05. The van der Waals surface area contributed by atoms with Gasteiger partial charge < -0.3 is 4.74 Å². The summed E-state index contributed by atoms with van der Waals surface area (Å²) in [5.41, 5.74) is 7.60. The fourth-order valence-corrected chi connectivity index (χ4v) is 2.02. The zero-order valence-electron chi connectivity index (χ0n) is 10.5. The molecule has 0 aliphatic heterocycles. The molecule has 2 aromatic rings. The third-order valence-corrected chi connectivity index (χ3v) is 2.98. The average Bonchev–Trinajstić information content (AvgIpc) is 2.43. The van der Waals surface area contributed by atoms with Gasteiger partial charge in [0.25, 0.3) is 0 Å². The molecule has 0 radical (unpaired) electrons. The van der Waals surface area contributed by atoms with Crippen LogP contribution in [0.25, 0.3) is 10.4 Å². The lowest BCUT2D eigenvalue weighted by Gasteiger charge is -2.10. The summed E-state index contributed by atoms with van der Waals surface area (Å²) in [4.78, 5) is 6.12. The Bertz CT molecular complexity index is 720. The first-order valence-electron chi connectivity index (χ1n) is 5.56. The van der Waals surface area contributed by atoms with E-state index in [0.29, 0.717) is 6.20 Å². The highest BCUT2D eigenvalue weighted by Gasteiger charge is 2.30. The zero-order chi connectivity index (χ0) is 16.3. The van der Waals surface area contributed by atoms with Crippen LogP contribution in [0.5, 0.6) is 11.6 Å². The molecule has 114 valence electrons. The highest BCUT2D eigenvalue weighted by Crippen LogP contribution is 2.39. The Morgan fingerprint density at radius 3 is 2.27 bits per heavy atom. The molecule has 0 saturated heterocycles. The maximum Gasteiger partial charge on any atom is 0.417 e. The van der Waals surface area contributed by atoms with E-state index in [1.54, 1.807) is 0 Å². The minimum Gasteiger partial charge on any atom is -0.436 e. The standard InChI is InChI=1S/C12H5Cl2F3N4O/c13-8-3-7(20-21-18)4-9(14)11(8)22-10-2-1-6(5-19-10)12(15,16)17/h1-5H. The van der Waals surface area contributed by atoms with Crippen LogP contribution in [0.15, 0.2) is 35.6 Å². The Labute approximate surface area is 131 Å². The molecular weight excluding hydrogens is 344 g/mol. The third kappa shape index (κ3) is 3.73. The van der Waals surface area contributed by atoms with E-state index in [1.807, 2.05) is 0 Å². The van der Waals surface area contributed by atoms with Crippen LogP contribution in [-0.4, -0.2) is 4.98 Å². The fourth-order valence-electron chi connectivity index (χ4n) is 1.47. The van der Waals surface area contributed by atoms with Crippen molar-refractivity contribution in [3.05, 3.63) is 56.5 Å². The van der Waals surface area contributed by atoms with Crippen LogP contribution in [0.2, 0.25) is 10.0 Å². The van der Waals surface area contributed by atoms with Gasteiger partial charge in [-0.05, 0) is 23.7 Å². The zero-order valence-corrected chi connectivity index (χ0v) is 12.0. The minimum absolute atomic E-state index is 0.00696. The van der Waals surface area contributed by atoms with Crippen molar-refractivity contribution < 1.29 is 17.9 Å². The van der Waals surface area contributed by atoms with Crippen molar-refractivity contribution in [2.24, 2.45) is 5.11 Å². The number of ether oxygens (including phenoxy) is 1. The van der Waals surface area contributed by atoms with Gasteiger partial charge in [-0.1, -0.05) is 28.3 Å². The second-order valence-electron chi connectivity index (χ2n) is 3.91. The molecule has 0 amide bonds. The summed E-state index contributed by atoms with van der Waals surface area (Å²) in [7, 11) is 0. The summed E-state index contributed by atoms with van der Waals surface area (Å²) in [5.74, 6) is -0.124. The highest BCUT2D eigenvalue weighted by atomic mass is 35.5. The van der Waals surface area contributed by atoms with Crippen molar-refractivity contribution in [1.82, 2.24) is 4.98 Å². The van der Waals surface area contributed by atoms with Crippen LogP contribution in [0, 0.1) is 0 Å². The van der Waals surface area contributed by atoms with Crippen molar-refractivity contribution in [2.75, 3.05) is 0 Å². The van der Waals surface area contributed by atoms with Crippen LogP contribution in [-0.2, 0) is 6.18 Å². The number of hydrogen-bond donors (Lipinski definition) is 0. The number of hydrogen-bond acceptors (Lipinski definition) is 3. The summed E-state index contributed by atoms with van der Waals surface area (Å²) < 4.78 is 42.6. The molecule has 0 fully saturated rings. The Morgan fingerprint density at radius 1 is 1.18 bits per heavy atom. The lowest BCUT2D eigenvalue weighted by molar-refractivity contribution is -0.137. The van der Waals surface area contributed by atoms with E-state index in [-0.39, 0.29) is 27.4 Å². The molecule has 0 N–H and O–H groups in total. The van der Waals surface area contributed by atoms with Gasteiger partial charge in [0.15, 0.2) is 5.75 Å². The van der Waals surface area contributed by atoms with Gasteiger partial charge in [0.05, 0.1) is 15.6 Å². The molecule has 1 aromatic carbocycles. The van der Waals surface area contributed by atoms with E-state index in [9.17, 15) is 13.2 Å². The second-order valence-corrected chi connectivity index (χ2v) is 4.73. The van der Waals surface area contributed by atoms with Crippen LogP contribution in [0.1, 0.15) is 5.56 Å². The molecule has 10 heteroatoms. The minimum atomic E-state index is -4.49. The van der Waals surface area contributed by atoms with Crippen molar-refractivity contribution in [3.63, 3.8) is 0 Å². The van der Waals surface area contributed by atoms with E-state index in [4.69, 9.17) is 33.5 Å². The van der Waals surface area contributed by atoms with E-state index in [1.165, 1.54) is 12.1 Å². The molecule has 0 unspecified atom stereocenters. The second kappa shape index (κ2) is 6.31. The quantitative estimate of drug-likeness (QED) is 0.379. The highest BCUT2D eigenvalue weighted by molar-refractivity contribution is 6.37. The molecule has 5 nitrogen and oxygen atoms in total. The molecule has 0 atom stereocenters. The number of halogens is 5. The van der Waals surface area contributed by atoms with Crippen molar-refractivity contribution in [2.45, 2.75) is 6.18 Å². The topological polar surface area (TPSA) is 70.9 Å². The molecule has 0 aliphatic carbocycles. The SMILES string of the molecule is [N-]=[N+]=Nc1cc(Cl)c(Oc2ccc(C(F)(F)F)cn2)c(Cl)c1. The third-order valence-electron chi connectivity index (χ3n) is 2.41. The number of aromatic nitrogens is 1. The van der Waals surface area contributed by atoms with E-state index in [0.717, 1.165) is 12.1 Å². The number of benzene rings is 1. The summed E-state index contributed by atoms with van der Waals surface area (Å²) in [6, 6.07) is 4.45. The van der Waals surface area contributed by atoms with Gasteiger partial charge in [-0.3, -0.25) is 0 Å². The van der Waals surface area contributed by atoms with Crippen molar-refractivity contribution >= 4 is 28.9 Å². The maximum atomic E-state index is 12.4. The Balaban J connectivity index is 2.29. The Kier molecular flexibility index (Phi) is 4.65.